The standard InChI is InChI=1S/C19H20N2O4S2/c1-14-4-8-17(9-5-14)27(22,23)21(19-20-10-11-26-19)13-15-6-7-16(24-2)12-18(15)25-3/h4-12H,13H2,1-3H3. The van der Waals surface area contributed by atoms with Gasteiger partial charge in [0.05, 0.1) is 25.7 Å². The van der Waals surface area contributed by atoms with E-state index in [1.807, 2.05) is 6.92 Å². The van der Waals surface area contributed by atoms with Gasteiger partial charge in [0.2, 0.25) is 0 Å². The Kier molecular flexibility index (Phi) is 5.67. The molecule has 0 saturated carbocycles. The van der Waals surface area contributed by atoms with Gasteiger partial charge in [0, 0.05) is 23.2 Å². The maximum absolute atomic E-state index is 13.3. The summed E-state index contributed by atoms with van der Waals surface area (Å²) in [5.41, 5.74) is 1.70. The molecular weight excluding hydrogens is 384 g/mol. The summed E-state index contributed by atoms with van der Waals surface area (Å²) in [7, 11) is -0.675. The Morgan fingerprint density at radius 2 is 1.81 bits per heavy atom. The lowest BCUT2D eigenvalue weighted by Gasteiger charge is -2.23. The number of anilines is 1. The van der Waals surface area contributed by atoms with Gasteiger partial charge in [0.15, 0.2) is 5.13 Å². The van der Waals surface area contributed by atoms with Gasteiger partial charge in [-0.05, 0) is 31.2 Å². The topological polar surface area (TPSA) is 68.7 Å². The first-order valence-corrected chi connectivity index (χ1v) is 10.5. The second kappa shape index (κ2) is 7.98. The Morgan fingerprint density at radius 1 is 1.07 bits per heavy atom. The first-order valence-electron chi connectivity index (χ1n) is 8.15. The van der Waals surface area contributed by atoms with E-state index in [-0.39, 0.29) is 11.4 Å². The Balaban J connectivity index is 2.04. The molecule has 3 aromatic rings. The number of hydrogen-bond acceptors (Lipinski definition) is 6. The van der Waals surface area contributed by atoms with E-state index < -0.39 is 10.0 Å². The van der Waals surface area contributed by atoms with Crippen LogP contribution in [0.1, 0.15) is 11.1 Å². The fraction of sp³-hybridized carbons (Fsp3) is 0.211. The number of methoxy groups -OCH3 is 2. The van der Waals surface area contributed by atoms with Crippen LogP contribution >= 0.6 is 11.3 Å². The molecule has 142 valence electrons. The van der Waals surface area contributed by atoms with Crippen LogP contribution in [0.3, 0.4) is 0 Å². The maximum atomic E-state index is 13.3. The average molecular weight is 405 g/mol. The summed E-state index contributed by atoms with van der Waals surface area (Å²) in [6.07, 6.45) is 1.59. The van der Waals surface area contributed by atoms with Crippen LogP contribution in [0.4, 0.5) is 5.13 Å². The molecule has 8 heteroatoms. The number of aromatic nitrogens is 1. The van der Waals surface area contributed by atoms with Crippen LogP contribution in [-0.2, 0) is 16.6 Å². The molecule has 0 bridgehead atoms. The molecule has 0 spiro atoms. The molecule has 0 saturated heterocycles. The van der Waals surface area contributed by atoms with Gasteiger partial charge in [-0.15, -0.1) is 11.3 Å². The molecule has 6 nitrogen and oxygen atoms in total. The number of rotatable bonds is 7. The number of benzene rings is 2. The molecule has 0 atom stereocenters. The summed E-state index contributed by atoms with van der Waals surface area (Å²) >= 11 is 1.27. The van der Waals surface area contributed by atoms with Crippen molar-refractivity contribution in [2.24, 2.45) is 0 Å². The third kappa shape index (κ3) is 4.06. The predicted octanol–water partition coefficient (Wildman–Crippen LogP) is 3.86. The van der Waals surface area contributed by atoms with E-state index in [9.17, 15) is 8.42 Å². The van der Waals surface area contributed by atoms with E-state index in [0.29, 0.717) is 22.2 Å². The normalized spacial score (nSPS) is 11.2. The Hall–Kier alpha value is -2.58. The third-order valence-electron chi connectivity index (χ3n) is 4.05. The number of sulfonamides is 1. The van der Waals surface area contributed by atoms with E-state index >= 15 is 0 Å². The van der Waals surface area contributed by atoms with Gasteiger partial charge in [-0.3, -0.25) is 0 Å². The van der Waals surface area contributed by atoms with E-state index in [1.54, 1.807) is 68.3 Å². The van der Waals surface area contributed by atoms with Crippen molar-refractivity contribution in [3.63, 3.8) is 0 Å². The molecule has 0 aliphatic carbocycles. The van der Waals surface area contributed by atoms with Gasteiger partial charge in [-0.1, -0.05) is 17.7 Å². The zero-order valence-corrected chi connectivity index (χ0v) is 16.9. The van der Waals surface area contributed by atoms with Gasteiger partial charge in [-0.2, -0.15) is 0 Å². The van der Waals surface area contributed by atoms with Crippen LogP contribution in [-0.4, -0.2) is 27.6 Å². The second-order valence-electron chi connectivity index (χ2n) is 5.82. The number of nitrogens with zero attached hydrogens (tertiary/aromatic N) is 2. The largest absolute Gasteiger partial charge is 0.497 e. The van der Waals surface area contributed by atoms with E-state index in [4.69, 9.17) is 9.47 Å². The molecule has 0 unspecified atom stereocenters. The van der Waals surface area contributed by atoms with Gasteiger partial charge >= 0.3 is 0 Å². The molecule has 0 fully saturated rings. The quantitative estimate of drug-likeness (QED) is 0.598. The number of hydrogen-bond donors (Lipinski definition) is 0. The molecule has 0 radical (unpaired) electrons. The summed E-state index contributed by atoms with van der Waals surface area (Å²) in [4.78, 5) is 4.43. The van der Waals surface area contributed by atoms with Gasteiger partial charge in [0.1, 0.15) is 11.5 Å². The van der Waals surface area contributed by atoms with Gasteiger partial charge in [0.25, 0.3) is 10.0 Å². The van der Waals surface area contributed by atoms with Crippen LogP contribution in [0.15, 0.2) is 58.9 Å². The summed E-state index contributed by atoms with van der Waals surface area (Å²) < 4.78 is 38.5. The highest BCUT2D eigenvalue weighted by molar-refractivity contribution is 7.93. The highest BCUT2D eigenvalue weighted by Crippen LogP contribution is 2.32. The monoisotopic (exact) mass is 404 g/mol. The lowest BCUT2D eigenvalue weighted by Crippen LogP contribution is -2.30. The molecule has 0 amide bonds. The molecule has 0 N–H and O–H groups in total. The van der Waals surface area contributed by atoms with Crippen molar-refractivity contribution in [2.75, 3.05) is 18.5 Å². The SMILES string of the molecule is COc1ccc(CN(c2nccs2)S(=O)(=O)c2ccc(C)cc2)c(OC)c1. The molecule has 1 aromatic heterocycles. The molecule has 3 rings (SSSR count). The lowest BCUT2D eigenvalue weighted by atomic mass is 10.2. The molecule has 1 heterocycles. The molecule has 2 aromatic carbocycles. The van der Waals surface area contributed by atoms with Crippen molar-refractivity contribution in [1.29, 1.82) is 0 Å². The maximum Gasteiger partial charge on any atom is 0.266 e. The molecule has 0 aliphatic heterocycles. The predicted molar refractivity (Wildman–Crippen MR) is 106 cm³/mol. The summed E-state index contributed by atoms with van der Waals surface area (Å²) in [6, 6.07) is 12.1. The zero-order chi connectivity index (χ0) is 19.4. The number of aryl methyl sites for hydroxylation is 1. The van der Waals surface area contributed by atoms with Crippen molar-refractivity contribution < 1.29 is 17.9 Å². The molecule has 0 aliphatic rings. The van der Waals surface area contributed by atoms with Crippen LogP contribution in [0.5, 0.6) is 11.5 Å². The second-order valence-corrected chi connectivity index (χ2v) is 8.55. The Morgan fingerprint density at radius 3 is 2.41 bits per heavy atom. The number of ether oxygens (including phenoxy) is 2. The van der Waals surface area contributed by atoms with Crippen molar-refractivity contribution in [3.05, 3.63) is 65.2 Å². The van der Waals surface area contributed by atoms with E-state index in [1.165, 1.54) is 15.6 Å². The molecular formula is C19H20N2O4S2. The fourth-order valence-corrected chi connectivity index (χ4v) is 4.84. The molecule has 27 heavy (non-hydrogen) atoms. The zero-order valence-electron chi connectivity index (χ0n) is 15.2. The average Bonchev–Trinajstić information content (AvgIpc) is 3.20. The van der Waals surface area contributed by atoms with Crippen molar-refractivity contribution in [1.82, 2.24) is 4.98 Å². The smallest absolute Gasteiger partial charge is 0.266 e. The highest BCUT2D eigenvalue weighted by atomic mass is 32.2. The first kappa shape index (κ1) is 19.2. The third-order valence-corrected chi connectivity index (χ3v) is 6.71. The van der Waals surface area contributed by atoms with Crippen molar-refractivity contribution in [2.45, 2.75) is 18.4 Å². The van der Waals surface area contributed by atoms with Crippen molar-refractivity contribution >= 4 is 26.5 Å². The fourth-order valence-electron chi connectivity index (χ4n) is 2.57. The minimum atomic E-state index is -3.79. The van der Waals surface area contributed by atoms with E-state index in [0.717, 1.165) is 5.56 Å². The summed E-state index contributed by atoms with van der Waals surface area (Å²) in [5, 5.41) is 2.14. The van der Waals surface area contributed by atoms with E-state index in [2.05, 4.69) is 4.98 Å². The highest BCUT2D eigenvalue weighted by Gasteiger charge is 2.28. The van der Waals surface area contributed by atoms with Crippen LogP contribution in [0, 0.1) is 6.92 Å². The minimum Gasteiger partial charge on any atom is -0.497 e. The first-order chi connectivity index (χ1) is 13.0. The van der Waals surface area contributed by atoms with Crippen molar-refractivity contribution in [3.8, 4) is 11.5 Å². The minimum absolute atomic E-state index is 0.0941. The number of thiazole rings is 1. The van der Waals surface area contributed by atoms with Crippen LogP contribution in [0.25, 0.3) is 0 Å². The van der Waals surface area contributed by atoms with Crippen LogP contribution in [0.2, 0.25) is 0 Å². The Bertz CT molecular complexity index is 1000. The summed E-state index contributed by atoms with van der Waals surface area (Å²) in [6.45, 7) is 2.01. The lowest BCUT2D eigenvalue weighted by molar-refractivity contribution is 0.391. The summed E-state index contributed by atoms with van der Waals surface area (Å²) in [5.74, 6) is 1.19. The van der Waals surface area contributed by atoms with Gasteiger partial charge in [-0.25, -0.2) is 17.7 Å². The van der Waals surface area contributed by atoms with Crippen LogP contribution < -0.4 is 13.8 Å². The Labute approximate surface area is 163 Å². The van der Waals surface area contributed by atoms with Gasteiger partial charge < -0.3 is 9.47 Å².